The molecule has 0 amide bonds. The number of amidine groups is 1. The van der Waals surface area contributed by atoms with Crippen molar-refractivity contribution in [3.05, 3.63) is 354 Å². The molecule has 1 spiro atoms. The molecule has 3 aliphatic rings. The van der Waals surface area contributed by atoms with Crippen LogP contribution in [0.5, 0.6) is 0 Å². The van der Waals surface area contributed by atoms with E-state index < -0.39 is 5.41 Å². The zero-order valence-electron chi connectivity index (χ0n) is 48.4. The van der Waals surface area contributed by atoms with Crippen LogP contribution in [0.3, 0.4) is 0 Å². The minimum Gasteiger partial charge on any atom is -0.339 e. The second-order valence-corrected chi connectivity index (χ2v) is 23.0. The van der Waals surface area contributed by atoms with Gasteiger partial charge in [-0.1, -0.05) is 273 Å². The number of hydrogen-bond donors (Lipinski definition) is 1. The van der Waals surface area contributed by atoms with Crippen molar-refractivity contribution >= 4 is 17.2 Å². The smallest absolute Gasteiger partial charge is 0.164 e. The molecule has 1 aliphatic heterocycles. The molecule has 1 aromatic heterocycles. The lowest BCUT2D eigenvalue weighted by Crippen LogP contribution is -2.27. The summed E-state index contributed by atoms with van der Waals surface area (Å²) in [5.41, 5.74) is 27.1. The van der Waals surface area contributed by atoms with Crippen molar-refractivity contribution in [2.75, 3.05) is 0 Å². The topological polar surface area (TPSA) is 63.1 Å². The van der Waals surface area contributed by atoms with E-state index >= 15 is 0 Å². The summed E-state index contributed by atoms with van der Waals surface area (Å²) in [5.74, 6) is 2.59. The van der Waals surface area contributed by atoms with Crippen LogP contribution in [-0.4, -0.2) is 20.8 Å². The van der Waals surface area contributed by atoms with Gasteiger partial charge in [-0.05, 0) is 150 Å². The van der Waals surface area contributed by atoms with Crippen molar-refractivity contribution in [3.8, 4) is 101 Å². The summed E-state index contributed by atoms with van der Waals surface area (Å²) in [6, 6.07) is 109. The lowest BCUT2D eigenvalue weighted by atomic mass is 9.70. The molecule has 16 rings (SSSR count). The van der Waals surface area contributed by atoms with Gasteiger partial charge in [-0.25, -0.2) is 19.9 Å². The molecule has 5 nitrogen and oxygen atoms in total. The van der Waals surface area contributed by atoms with Crippen LogP contribution in [-0.2, 0) is 5.41 Å². The molecule has 0 radical (unpaired) electrons. The van der Waals surface area contributed by atoms with Gasteiger partial charge in [0, 0.05) is 33.5 Å². The van der Waals surface area contributed by atoms with Gasteiger partial charge < -0.3 is 5.32 Å². The van der Waals surface area contributed by atoms with E-state index in [1.807, 2.05) is 0 Å². The highest BCUT2D eigenvalue weighted by Crippen LogP contribution is 2.63. The van der Waals surface area contributed by atoms with Crippen LogP contribution in [0, 0.1) is 0 Å². The standard InChI is InChI=1S/C83H57N5/c1-54-42-47-77(84-79(65-35-19-31-60(49-65)56-24-8-3-9-25-56)85-78(54)64-34-18-30-59(48-64)55-22-6-2-7-23-55)63-43-45-71-72-46-44-68(53-76(72)83(75(71)52-63)73-40-16-14-38-69(73)70-39-15-17-41-74(70)83)82-87-80(66-36-20-32-61(50-66)57-26-10-4-11-27-57)86-81(88-82)67-37-21-33-62(51-67)58-28-12-5-13-29-58/h2-41,43-53H,42H2,1H3,(H,84,85)/b77-47+,78-54?. The van der Waals surface area contributed by atoms with Gasteiger partial charge >= 0.3 is 0 Å². The van der Waals surface area contributed by atoms with Crippen molar-refractivity contribution in [1.29, 1.82) is 0 Å². The van der Waals surface area contributed by atoms with Gasteiger partial charge in [0.1, 0.15) is 5.84 Å². The Hall–Kier alpha value is -11.4. The lowest BCUT2D eigenvalue weighted by molar-refractivity contribution is 0.793. The van der Waals surface area contributed by atoms with Crippen LogP contribution in [0.2, 0.25) is 0 Å². The Morgan fingerprint density at radius 1 is 0.284 bits per heavy atom. The quantitative estimate of drug-likeness (QED) is 0.148. The Morgan fingerprint density at radius 2 is 0.625 bits per heavy atom. The number of aromatic nitrogens is 3. The zero-order chi connectivity index (χ0) is 58.5. The van der Waals surface area contributed by atoms with Gasteiger partial charge in [-0.15, -0.1) is 0 Å². The molecule has 12 aromatic carbocycles. The molecular formula is C83H57N5. The predicted molar refractivity (Wildman–Crippen MR) is 362 cm³/mol. The summed E-state index contributed by atoms with van der Waals surface area (Å²) in [7, 11) is 0. The Bertz CT molecular complexity index is 4820. The van der Waals surface area contributed by atoms with Gasteiger partial charge in [-0.2, -0.15) is 0 Å². The summed E-state index contributed by atoms with van der Waals surface area (Å²) in [6.45, 7) is 2.23. The van der Waals surface area contributed by atoms with Gasteiger partial charge in [0.15, 0.2) is 17.5 Å². The average molecular weight is 1120 g/mol. The Morgan fingerprint density at radius 3 is 1.10 bits per heavy atom. The molecule has 0 bridgehead atoms. The van der Waals surface area contributed by atoms with E-state index in [-0.39, 0.29) is 0 Å². The predicted octanol–water partition coefficient (Wildman–Crippen LogP) is 20.1. The fourth-order valence-corrected chi connectivity index (χ4v) is 13.5. The number of fused-ring (bicyclic) bond motifs is 10. The zero-order valence-corrected chi connectivity index (χ0v) is 48.4. The van der Waals surface area contributed by atoms with Crippen LogP contribution in [0.4, 0.5) is 0 Å². The first-order valence-corrected chi connectivity index (χ1v) is 30.1. The van der Waals surface area contributed by atoms with E-state index in [4.69, 9.17) is 19.9 Å². The normalized spacial score (nSPS) is 14.1. The van der Waals surface area contributed by atoms with E-state index in [9.17, 15) is 0 Å². The number of benzene rings is 12. The average Bonchev–Trinajstić information content (AvgIpc) is 1.51. The first-order valence-electron chi connectivity index (χ1n) is 30.1. The highest BCUT2D eigenvalue weighted by molar-refractivity contribution is 6.08. The molecule has 13 aromatic rings. The second-order valence-electron chi connectivity index (χ2n) is 23.0. The number of allylic oxidation sites excluding steroid dienone is 2. The van der Waals surface area contributed by atoms with Gasteiger partial charge in [-0.3, -0.25) is 0 Å². The Balaban J connectivity index is 0.861. The highest BCUT2D eigenvalue weighted by Gasteiger charge is 2.52. The maximum Gasteiger partial charge on any atom is 0.164 e. The monoisotopic (exact) mass is 1120 g/mol. The molecule has 0 unspecified atom stereocenters. The highest BCUT2D eigenvalue weighted by atomic mass is 15.0. The third kappa shape index (κ3) is 9.20. The first kappa shape index (κ1) is 52.2. The summed E-state index contributed by atoms with van der Waals surface area (Å²) in [6.07, 6.45) is 3.05. The molecule has 5 heteroatoms. The summed E-state index contributed by atoms with van der Waals surface area (Å²) in [4.78, 5) is 21.9. The minimum absolute atomic E-state index is 0.603. The fraction of sp³-hybridized carbons (Fsp3) is 0.0361. The van der Waals surface area contributed by atoms with Gasteiger partial charge in [0.05, 0.1) is 11.1 Å². The third-order valence-corrected chi connectivity index (χ3v) is 17.7. The number of nitrogens with zero attached hydrogens (tertiary/aromatic N) is 4. The van der Waals surface area contributed by atoms with Crippen LogP contribution in [0.1, 0.15) is 52.3 Å². The number of rotatable bonds is 10. The molecular weight excluding hydrogens is 1070 g/mol. The number of aliphatic imine (C=N–C) groups is 1. The molecule has 414 valence electrons. The largest absolute Gasteiger partial charge is 0.339 e. The molecule has 2 aliphatic carbocycles. The van der Waals surface area contributed by atoms with Crippen LogP contribution < -0.4 is 5.32 Å². The lowest BCUT2D eigenvalue weighted by Gasteiger charge is -2.31. The van der Waals surface area contributed by atoms with Gasteiger partial charge in [0.2, 0.25) is 0 Å². The van der Waals surface area contributed by atoms with Crippen molar-refractivity contribution in [1.82, 2.24) is 20.3 Å². The molecule has 1 N–H and O–H groups in total. The molecule has 88 heavy (non-hydrogen) atoms. The molecule has 0 atom stereocenters. The third-order valence-electron chi connectivity index (χ3n) is 17.7. The Kier molecular flexibility index (Phi) is 13.0. The molecule has 0 fully saturated rings. The Labute approximate surface area is 513 Å². The maximum absolute atomic E-state index is 5.69. The molecule has 2 heterocycles. The minimum atomic E-state index is -0.688. The van der Waals surface area contributed by atoms with Gasteiger partial charge in [0.25, 0.3) is 0 Å². The number of hydrogen-bond acceptors (Lipinski definition) is 5. The van der Waals surface area contributed by atoms with Crippen molar-refractivity contribution in [2.45, 2.75) is 18.8 Å². The van der Waals surface area contributed by atoms with E-state index in [0.717, 1.165) is 89.6 Å². The summed E-state index contributed by atoms with van der Waals surface area (Å²) in [5, 5.41) is 4.01. The summed E-state index contributed by atoms with van der Waals surface area (Å²) >= 11 is 0. The van der Waals surface area contributed by atoms with Crippen LogP contribution in [0.15, 0.2) is 320 Å². The van der Waals surface area contributed by atoms with E-state index in [1.165, 1.54) is 55.6 Å². The van der Waals surface area contributed by atoms with E-state index in [1.54, 1.807) is 0 Å². The van der Waals surface area contributed by atoms with Crippen molar-refractivity contribution in [2.24, 2.45) is 4.99 Å². The fourth-order valence-electron chi connectivity index (χ4n) is 13.5. The van der Waals surface area contributed by atoms with Crippen LogP contribution in [0.25, 0.3) is 112 Å². The maximum atomic E-state index is 5.69. The second kappa shape index (κ2) is 21.9. The van der Waals surface area contributed by atoms with Crippen molar-refractivity contribution in [3.63, 3.8) is 0 Å². The van der Waals surface area contributed by atoms with Crippen molar-refractivity contribution < 1.29 is 0 Å². The molecule has 0 saturated carbocycles. The van der Waals surface area contributed by atoms with E-state index in [2.05, 4.69) is 322 Å². The summed E-state index contributed by atoms with van der Waals surface area (Å²) < 4.78 is 0. The van der Waals surface area contributed by atoms with Crippen LogP contribution >= 0.6 is 0 Å². The van der Waals surface area contributed by atoms with E-state index in [0.29, 0.717) is 23.9 Å². The number of nitrogens with one attached hydrogen (secondary N) is 1. The first-order chi connectivity index (χ1) is 43.5. The molecule has 0 saturated heterocycles. The SMILES string of the molecule is CC1=C(c2cccc(-c3ccccc3)c2)N=C(c2cccc(-c3ccccc3)c2)N/C(c2ccc3c(c2)C2(c4ccccc4-c4ccccc42)c2cc(-c4nc(-c5cccc(-c6ccccc6)c5)nc(-c5cccc(-c6ccccc6)c5)n4)ccc2-3)=C/C1.